The molecule has 0 saturated carbocycles. The highest BCUT2D eigenvalue weighted by molar-refractivity contribution is 8.02. The zero-order valence-corrected chi connectivity index (χ0v) is 6.04. The minimum atomic E-state index is 0.668. The van der Waals surface area contributed by atoms with Crippen molar-refractivity contribution < 1.29 is 4.42 Å². The van der Waals surface area contributed by atoms with Crippen molar-refractivity contribution >= 4 is 17.8 Å². The fourth-order valence-electron chi connectivity index (χ4n) is 0.760. The largest absolute Gasteiger partial charge is 0.432 e. The molecule has 0 amide bonds. The van der Waals surface area contributed by atoms with E-state index in [-0.39, 0.29) is 0 Å². The highest BCUT2D eigenvalue weighted by atomic mass is 32.2. The van der Waals surface area contributed by atoms with Crippen LogP contribution in [-0.4, -0.2) is 10.9 Å². The van der Waals surface area contributed by atoms with Gasteiger partial charge in [0, 0.05) is 6.20 Å². The van der Waals surface area contributed by atoms with Crippen LogP contribution in [0.5, 0.6) is 0 Å². The highest BCUT2D eigenvalue weighted by Crippen LogP contribution is 2.21. The first-order chi connectivity index (χ1) is 4.97. The van der Waals surface area contributed by atoms with E-state index in [1.165, 1.54) is 0 Å². The van der Waals surface area contributed by atoms with Crippen LogP contribution in [0.1, 0.15) is 0 Å². The summed E-state index contributed by atoms with van der Waals surface area (Å²) in [5.41, 5.74) is 0. The molecule has 0 radical (unpaired) electrons. The standard InChI is InChI=1S/C6H6N2OS/c1-3-9-6(7-1)8-2-4-10-5-8/h1-4H,5H2. The Balaban J connectivity index is 2.20. The van der Waals surface area contributed by atoms with Gasteiger partial charge in [0.15, 0.2) is 0 Å². The summed E-state index contributed by atoms with van der Waals surface area (Å²) < 4.78 is 5.07. The predicted octanol–water partition coefficient (Wildman–Crippen LogP) is 1.66. The van der Waals surface area contributed by atoms with Gasteiger partial charge in [-0.3, -0.25) is 4.90 Å². The second-order valence-corrected chi connectivity index (χ2v) is 2.73. The smallest absolute Gasteiger partial charge is 0.302 e. The molecule has 1 aliphatic rings. The van der Waals surface area contributed by atoms with Crippen LogP contribution in [0, 0.1) is 0 Å². The van der Waals surface area contributed by atoms with E-state index in [1.54, 1.807) is 24.2 Å². The van der Waals surface area contributed by atoms with Gasteiger partial charge in [0.05, 0.1) is 12.1 Å². The van der Waals surface area contributed by atoms with E-state index >= 15 is 0 Å². The minimum absolute atomic E-state index is 0.668. The Hall–Kier alpha value is -0.900. The summed E-state index contributed by atoms with van der Waals surface area (Å²) in [5.74, 6) is 0.903. The summed E-state index contributed by atoms with van der Waals surface area (Å²) in [6.07, 6.45) is 5.18. The second kappa shape index (κ2) is 2.38. The van der Waals surface area contributed by atoms with Crippen molar-refractivity contribution in [2.75, 3.05) is 10.8 Å². The number of oxazole rings is 1. The summed E-state index contributed by atoms with van der Waals surface area (Å²) >= 11 is 1.73. The minimum Gasteiger partial charge on any atom is -0.432 e. The average molecular weight is 154 g/mol. The van der Waals surface area contributed by atoms with Gasteiger partial charge >= 0.3 is 6.01 Å². The first kappa shape index (κ1) is 5.85. The van der Waals surface area contributed by atoms with E-state index in [0.29, 0.717) is 6.01 Å². The van der Waals surface area contributed by atoms with Crippen LogP contribution < -0.4 is 4.90 Å². The van der Waals surface area contributed by atoms with Gasteiger partial charge in [-0.05, 0) is 5.41 Å². The number of nitrogens with zero attached hydrogens (tertiary/aromatic N) is 2. The molecular formula is C6H6N2OS. The van der Waals surface area contributed by atoms with E-state index in [0.717, 1.165) is 5.88 Å². The quantitative estimate of drug-likeness (QED) is 0.615. The Morgan fingerprint density at radius 3 is 3.30 bits per heavy atom. The van der Waals surface area contributed by atoms with Crippen molar-refractivity contribution in [3.05, 3.63) is 24.1 Å². The van der Waals surface area contributed by atoms with Crippen LogP contribution in [0.2, 0.25) is 0 Å². The Morgan fingerprint density at radius 2 is 2.70 bits per heavy atom. The molecule has 4 heteroatoms. The third-order valence-electron chi connectivity index (χ3n) is 1.22. The maximum atomic E-state index is 5.07. The molecule has 1 aliphatic heterocycles. The summed E-state index contributed by atoms with van der Waals surface area (Å²) in [7, 11) is 0. The van der Waals surface area contributed by atoms with E-state index in [9.17, 15) is 0 Å². The SMILES string of the molecule is C1=CN(c2ncco2)CS1. The molecule has 2 heterocycles. The first-order valence-electron chi connectivity index (χ1n) is 2.91. The first-order valence-corrected chi connectivity index (χ1v) is 3.96. The topological polar surface area (TPSA) is 29.3 Å². The molecule has 52 valence electrons. The van der Waals surface area contributed by atoms with Crippen LogP contribution in [-0.2, 0) is 0 Å². The van der Waals surface area contributed by atoms with Crippen molar-refractivity contribution in [3.8, 4) is 0 Å². The molecule has 3 nitrogen and oxygen atoms in total. The van der Waals surface area contributed by atoms with Crippen LogP contribution in [0.25, 0.3) is 0 Å². The molecule has 0 bridgehead atoms. The number of rotatable bonds is 1. The highest BCUT2D eigenvalue weighted by Gasteiger charge is 2.09. The molecule has 1 aromatic heterocycles. The summed E-state index contributed by atoms with van der Waals surface area (Å²) in [6, 6.07) is 0.668. The Morgan fingerprint density at radius 1 is 1.70 bits per heavy atom. The molecule has 0 unspecified atom stereocenters. The van der Waals surface area contributed by atoms with Gasteiger partial charge in [-0.25, -0.2) is 4.98 Å². The lowest BCUT2D eigenvalue weighted by molar-refractivity contribution is 0.559. The number of thioether (sulfide) groups is 1. The number of anilines is 1. The lowest BCUT2D eigenvalue weighted by atomic mass is 10.8. The molecule has 0 atom stereocenters. The van der Waals surface area contributed by atoms with Gasteiger partial charge in [-0.2, -0.15) is 0 Å². The van der Waals surface area contributed by atoms with Gasteiger partial charge in [0.2, 0.25) is 0 Å². The van der Waals surface area contributed by atoms with Gasteiger partial charge in [0.1, 0.15) is 6.26 Å². The van der Waals surface area contributed by atoms with E-state index in [2.05, 4.69) is 4.98 Å². The fourth-order valence-corrected chi connectivity index (χ4v) is 1.44. The normalized spacial score (nSPS) is 16.6. The monoisotopic (exact) mass is 154 g/mol. The third-order valence-corrected chi connectivity index (χ3v) is 1.96. The Kier molecular flexibility index (Phi) is 1.39. The molecule has 0 spiro atoms. The maximum Gasteiger partial charge on any atom is 0.302 e. The van der Waals surface area contributed by atoms with Crippen LogP contribution in [0.15, 0.2) is 28.5 Å². The molecule has 0 aromatic carbocycles. The van der Waals surface area contributed by atoms with Gasteiger partial charge in [-0.1, -0.05) is 0 Å². The van der Waals surface area contributed by atoms with Crippen LogP contribution >= 0.6 is 11.8 Å². The molecule has 2 rings (SSSR count). The Labute approximate surface area is 62.7 Å². The average Bonchev–Trinajstić information content (AvgIpc) is 2.59. The molecule has 0 saturated heterocycles. The molecule has 1 aromatic rings. The van der Waals surface area contributed by atoms with Gasteiger partial charge < -0.3 is 4.42 Å². The molecular weight excluding hydrogens is 148 g/mol. The van der Waals surface area contributed by atoms with Crippen molar-refractivity contribution in [3.63, 3.8) is 0 Å². The molecule has 0 fully saturated rings. The van der Waals surface area contributed by atoms with Crippen molar-refractivity contribution in [1.29, 1.82) is 0 Å². The van der Waals surface area contributed by atoms with Crippen molar-refractivity contribution in [1.82, 2.24) is 4.98 Å². The number of hydrogen-bond acceptors (Lipinski definition) is 4. The van der Waals surface area contributed by atoms with E-state index in [1.807, 2.05) is 16.5 Å². The number of hydrogen-bond donors (Lipinski definition) is 0. The second-order valence-electron chi connectivity index (χ2n) is 1.87. The van der Waals surface area contributed by atoms with Crippen LogP contribution in [0.3, 0.4) is 0 Å². The lowest BCUT2D eigenvalue weighted by Crippen LogP contribution is -2.10. The third kappa shape index (κ3) is 0.903. The summed E-state index contributed by atoms with van der Waals surface area (Å²) in [5, 5.41) is 2.02. The van der Waals surface area contributed by atoms with Crippen molar-refractivity contribution in [2.45, 2.75) is 0 Å². The zero-order chi connectivity index (χ0) is 6.81. The van der Waals surface area contributed by atoms with Crippen molar-refractivity contribution in [2.24, 2.45) is 0 Å². The molecule has 10 heavy (non-hydrogen) atoms. The van der Waals surface area contributed by atoms with Crippen LogP contribution in [0.4, 0.5) is 6.01 Å². The van der Waals surface area contributed by atoms with Gasteiger partial charge in [0.25, 0.3) is 0 Å². The summed E-state index contributed by atoms with van der Waals surface area (Å²) in [4.78, 5) is 5.94. The fraction of sp³-hybridized carbons (Fsp3) is 0.167. The predicted molar refractivity (Wildman–Crippen MR) is 40.6 cm³/mol. The lowest BCUT2D eigenvalue weighted by Gasteiger charge is -2.06. The van der Waals surface area contributed by atoms with Gasteiger partial charge in [-0.15, -0.1) is 11.8 Å². The number of aromatic nitrogens is 1. The maximum absolute atomic E-state index is 5.07. The molecule has 0 N–H and O–H groups in total. The zero-order valence-electron chi connectivity index (χ0n) is 5.23. The van der Waals surface area contributed by atoms with E-state index in [4.69, 9.17) is 4.42 Å². The summed E-state index contributed by atoms with van der Waals surface area (Å²) in [6.45, 7) is 0. The molecule has 0 aliphatic carbocycles. The van der Waals surface area contributed by atoms with E-state index < -0.39 is 0 Å². The Bertz CT molecular complexity index is 232.